The van der Waals surface area contributed by atoms with Crippen LogP contribution in [0.15, 0.2) is 34.9 Å². The lowest BCUT2D eigenvalue weighted by Crippen LogP contribution is -2.05. The van der Waals surface area contributed by atoms with Crippen LogP contribution in [0.1, 0.15) is 16.1 Å². The van der Waals surface area contributed by atoms with Crippen molar-refractivity contribution in [2.75, 3.05) is 7.11 Å². The van der Waals surface area contributed by atoms with Gasteiger partial charge in [0.15, 0.2) is 5.78 Å². The van der Waals surface area contributed by atoms with Gasteiger partial charge in [-0.25, -0.2) is 0 Å². The van der Waals surface area contributed by atoms with Gasteiger partial charge in [0.2, 0.25) is 0 Å². The van der Waals surface area contributed by atoms with Crippen LogP contribution in [0.2, 0.25) is 0 Å². The molecule has 0 spiro atoms. The Kier molecular flexibility index (Phi) is 3.81. The Morgan fingerprint density at radius 3 is 2.78 bits per heavy atom. The standard InChI is InChI=1S/C13H13BrN2O2/c1-16-6-5-11(15-16)12(17)8-9-3-4-13(18-2)10(14)7-9/h3-7H,8H2,1-2H3. The first kappa shape index (κ1) is 12.8. The van der Waals surface area contributed by atoms with Crippen molar-refractivity contribution in [3.63, 3.8) is 0 Å². The van der Waals surface area contributed by atoms with Gasteiger partial charge in [0, 0.05) is 19.7 Å². The number of benzene rings is 1. The van der Waals surface area contributed by atoms with Gasteiger partial charge in [-0.2, -0.15) is 5.10 Å². The van der Waals surface area contributed by atoms with Gasteiger partial charge in [-0.05, 0) is 39.7 Å². The molecule has 0 fully saturated rings. The molecule has 0 atom stereocenters. The quantitative estimate of drug-likeness (QED) is 0.816. The average molecular weight is 309 g/mol. The maximum atomic E-state index is 12.0. The highest BCUT2D eigenvalue weighted by molar-refractivity contribution is 9.10. The van der Waals surface area contributed by atoms with Gasteiger partial charge < -0.3 is 4.74 Å². The van der Waals surface area contributed by atoms with Crippen LogP contribution in [-0.4, -0.2) is 22.7 Å². The number of rotatable bonds is 4. The molecule has 5 heteroatoms. The molecule has 2 aromatic rings. The van der Waals surface area contributed by atoms with Gasteiger partial charge in [-0.3, -0.25) is 9.48 Å². The Morgan fingerprint density at radius 1 is 1.44 bits per heavy atom. The van der Waals surface area contributed by atoms with E-state index in [4.69, 9.17) is 4.74 Å². The lowest BCUT2D eigenvalue weighted by molar-refractivity contribution is 0.0987. The van der Waals surface area contributed by atoms with Gasteiger partial charge >= 0.3 is 0 Å². The SMILES string of the molecule is COc1ccc(CC(=O)c2ccn(C)n2)cc1Br. The number of hydrogen-bond donors (Lipinski definition) is 0. The summed E-state index contributed by atoms with van der Waals surface area (Å²) in [7, 11) is 3.40. The molecule has 2 rings (SSSR count). The van der Waals surface area contributed by atoms with Gasteiger partial charge in [0.05, 0.1) is 11.6 Å². The van der Waals surface area contributed by atoms with Crippen LogP contribution in [0.4, 0.5) is 0 Å². The first-order valence-corrected chi connectivity index (χ1v) is 6.24. The van der Waals surface area contributed by atoms with Crippen molar-refractivity contribution >= 4 is 21.7 Å². The number of Topliss-reactive ketones (excluding diaryl/α,β-unsaturated/α-hetero) is 1. The Labute approximate surface area is 114 Å². The highest BCUT2D eigenvalue weighted by atomic mass is 79.9. The van der Waals surface area contributed by atoms with Crippen molar-refractivity contribution in [1.29, 1.82) is 0 Å². The van der Waals surface area contributed by atoms with E-state index in [1.54, 1.807) is 31.1 Å². The molecular formula is C13H13BrN2O2. The summed E-state index contributed by atoms with van der Waals surface area (Å²) < 4.78 is 7.61. The summed E-state index contributed by atoms with van der Waals surface area (Å²) in [6.45, 7) is 0. The van der Waals surface area contributed by atoms with Crippen LogP contribution in [0.25, 0.3) is 0 Å². The van der Waals surface area contributed by atoms with Gasteiger partial charge in [0.1, 0.15) is 11.4 Å². The maximum absolute atomic E-state index is 12.0. The summed E-state index contributed by atoms with van der Waals surface area (Å²) in [6.07, 6.45) is 2.09. The van der Waals surface area contributed by atoms with Crippen LogP contribution in [0.3, 0.4) is 0 Å². The lowest BCUT2D eigenvalue weighted by atomic mass is 10.1. The third-order valence-electron chi connectivity index (χ3n) is 2.58. The molecule has 1 aromatic heterocycles. The number of ketones is 1. The number of carbonyl (C=O) groups excluding carboxylic acids is 1. The summed E-state index contributed by atoms with van der Waals surface area (Å²) in [6, 6.07) is 7.33. The predicted octanol–water partition coefficient (Wildman–Crippen LogP) is 2.62. The van der Waals surface area contributed by atoms with Crippen LogP contribution < -0.4 is 4.74 Å². The molecule has 0 saturated carbocycles. The monoisotopic (exact) mass is 308 g/mol. The fourth-order valence-corrected chi connectivity index (χ4v) is 2.25. The Bertz CT molecular complexity index is 578. The molecule has 0 radical (unpaired) electrons. The Balaban J connectivity index is 2.14. The van der Waals surface area contributed by atoms with Gasteiger partial charge in [-0.15, -0.1) is 0 Å². The van der Waals surface area contributed by atoms with Crippen molar-refractivity contribution in [2.45, 2.75) is 6.42 Å². The molecule has 0 saturated heterocycles. The minimum atomic E-state index is 0.00710. The molecule has 18 heavy (non-hydrogen) atoms. The first-order chi connectivity index (χ1) is 8.60. The average Bonchev–Trinajstić information content (AvgIpc) is 2.76. The van der Waals surface area contributed by atoms with Crippen LogP contribution in [0.5, 0.6) is 5.75 Å². The summed E-state index contributed by atoms with van der Waals surface area (Å²) in [4.78, 5) is 12.0. The zero-order valence-corrected chi connectivity index (χ0v) is 11.8. The highest BCUT2D eigenvalue weighted by Gasteiger charge is 2.11. The third kappa shape index (κ3) is 2.79. The molecule has 1 heterocycles. The fourth-order valence-electron chi connectivity index (χ4n) is 1.66. The van der Waals surface area contributed by atoms with Crippen LogP contribution >= 0.6 is 15.9 Å². The predicted molar refractivity (Wildman–Crippen MR) is 71.9 cm³/mol. The lowest BCUT2D eigenvalue weighted by Gasteiger charge is -2.05. The molecule has 1 aromatic carbocycles. The van der Waals surface area contributed by atoms with Crippen molar-refractivity contribution in [3.05, 3.63) is 46.2 Å². The fraction of sp³-hybridized carbons (Fsp3) is 0.231. The largest absolute Gasteiger partial charge is 0.496 e. The minimum Gasteiger partial charge on any atom is -0.496 e. The zero-order valence-electron chi connectivity index (χ0n) is 10.2. The molecule has 0 aliphatic carbocycles. The molecule has 0 amide bonds. The van der Waals surface area contributed by atoms with Crippen molar-refractivity contribution < 1.29 is 9.53 Å². The van der Waals surface area contributed by atoms with Crippen LogP contribution in [0, 0.1) is 0 Å². The van der Waals surface area contributed by atoms with E-state index in [2.05, 4.69) is 21.0 Å². The number of carbonyl (C=O) groups is 1. The number of aryl methyl sites for hydroxylation is 1. The molecular weight excluding hydrogens is 296 g/mol. The number of aromatic nitrogens is 2. The number of hydrogen-bond acceptors (Lipinski definition) is 3. The first-order valence-electron chi connectivity index (χ1n) is 5.45. The van der Waals surface area contributed by atoms with E-state index in [0.29, 0.717) is 12.1 Å². The normalized spacial score (nSPS) is 10.4. The van der Waals surface area contributed by atoms with Crippen molar-refractivity contribution in [1.82, 2.24) is 9.78 Å². The summed E-state index contributed by atoms with van der Waals surface area (Å²) in [5.74, 6) is 0.761. The van der Waals surface area contributed by atoms with E-state index >= 15 is 0 Å². The molecule has 0 aliphatic rings. The van der Waals surface area contributed by atoms with E-state index in [-0.39, 0.29) is 5.78 Å². The maximum Gasteiger partial charge on any atom is 0.187 e. The topological polar surface area (TPSA) is 44.1 Å². The van der Waals surface area contributed by atoms with E-state index in [0.717, 1.165) is 15.8 Å². The molecule has 94 valence electrons. The highest BCUT2D eigenvalue weighted by Crippen LogP contribution is 2.25. The Morgan fingerprint density at radius 2 is 2.22 bits per heavy atom. The second kappa shape index (κ2) is 5.35. The molecule has 0 aliphatic heterocycles. The van der Waals surface area contributed by atoms with Gasteiger partial charge in [-0.1, -0.05) is 6.07 Å². The van der Waals surface area contributed by atoms with Crippen LogP contribution in [-0.2, 0) is 13.5 Å². The summed E-state index contributed by atoms with van der Waals surface area (Å²) in [5, 5.41) is 4.09. The number of halogens is 1. The number of ether oxygens (including phenoxy) is 1. The molecule has 0 bridgehead atoms. The third-order valence-corrected chi connectivity index (χ3v) is 3.20. The van der Waals surface area contributed by atoms with E-state index < -0.39 is 0 Å². The van der Waals surface area contributed by atoms with E-state index in [1.807, 2.05) is 18.2 Å². The van der Waals surface area contributed by atoms with E-state index in [9.17, 15) is 4.79 Å². The molecule has 0 unspecified atom stereocenters. The van der Waals surface area contributed by atoms with Crippen molar-refractivity contribution in [3.8, 4) is 5.75 Å². The second-order valence-corrected chi connectivity index (χ2v) is 4.80. The Hall–Kier alpha value is -1.62. The molecule has 4 nitrogen and oxygen atoms in total. The zero-order chi connectivity index (χ0) is 13.1. The van der Waals surface area contributed by atoms with E-state index in [1.165, 1.54) is 0 Å². The number of methoxy groups -OCH3 is 1. The second-order valence-electron chi connectivity index (χ2n) is 3.94. The number of nitrogens with zero attached hydrogens (tertiary/aromatic N) is 2. The van der Waals surface area contributed by atoms with Crippen molar-refractivity contribution in [2.24, 2.45) is 7.05 Å². The van der Waals surface area contributed by atoms with Gasteiger partial charge in [0.25, 0.3) is 0 Å². The smallest absolute Gasteiger partial charge is 0.187 e. The molecule has 0 N–H and O–H groups in total. The summed E-state index contributed by atoms with van der Waals surface area (Å²) in [5.41, 5.74) is 1.42. The summed E-state index contributed by atoms with van der Waals surface area (Å²) >= 11 is 3.40. The minimum absolute atomic E-state index is 0.00710.